The fourth-order valence-electron chi connectivity index (χ4n) is 2.55. The van der Waals surface area contributed by atoms with Crippen molar-refractivity contribution < 1.29 is 27.6 Å². The summed E-state index contributed by atoms with van der Waals surface area (Å²) in [5, 5.41) is 14.1. The average Bonchev–Trinajstić information content (AvgIpc) is 3.11. The first-order valence-corrected chi connectivity index (χ1v) is 9.82. The van der Waals surface area contributed by atoms with Gasteiger partial charge in [0.2, 0.25) is 0 Å². The van der Waals surface area contributed by atoms with E-state index in [2.05, 4.69) is 19.2 Å². The molecule has 11 heteroatoms. The van der Waals surface area contributed by atoms with Crippen LogP contribution in [0.1, 0.15) is 12.5 Å². The van der Waals surface area contributed by atoms with E-state index in [9.17, 15) is 22.9 Å². The van der Waals surface area contributed by atoms with Gasteiger partial charge >= 0.3 is 5.97 Å². The lowest BCUT2D eigenvalue weighted by molar-refractivity contribution is -0.138. The lowest BCUT2D eigenvalue weighted by Gasteiger charge is -2.35. The lowest BCUT2D eigenvalue weighted by atomic mass is 9.90. The number of aliphatic hydroxyl groups is 1. The van der Waals surface area contributed by atoms with E-state index in [1.54, 1.807) is 0 Å². The second kappa shape index (κ2) is 8.09. The smallest absolute Gasteiger partial charge is 0.328 e. The highest BCUT2D eigenvalue weighted by atomic mass is 32.2. The van der Waals surface area contributed by atoms with Crippen molar-refractivity contribution in [2.75, 3.05) is 19.9 Å². The fourth-order valence-corrected chi connectivity index (χ4v) is 4.06. The van der Waals surface area contributed by atoms with Gasteiger partial charge in [0.25, 0.3) is 0 Å². The second-order valence-electron chi connectivity index (χ2n) is 6.01. The minimum absolute atomic E-state index is 0.269. The molecule has 27 heavy (non-hydrogen) atoms. The summed E-state index contributed by atoms with van der Waals surface area (Å²) in [6.45, 7) is 0.611. The number of methoxy groups -OCH3 is 1. The number of benzene rings is 1. The number of nitrogens with zero attached hydrogens (tertiary/aromatic N) is 4. The second-order valence-corrected chi connectivity index (χ2v) is 8.70. The number of hydrogen-bond donors (Lipinski definition) is 1. The van der Waals surface area contributed by atoms with E-state index in [0.29, 0.717) is 6.07 Å². The summed E-state index contributed by atoms with van der Waals surface area (Å²) in [5.41, 5.74) is -2.34. The van der Waals surface area contributed by atoms with Gasteiger partial charge in [-0.05, 0) is 13.0 Å². The van der Waals surface area contributed by atoms with Crippen LogP contribution in [0.15, 0.2) is 35.2 Å². The van der Waals surface area contributed by atoms with E-state index in [4.69, 9.17) is 0 Å². The molecule has 0 fully saturated rings. The molecule has 8 nitrogen and oxygen atoms in total. The van der Waals surface area contributed by atoms with Crippen LogP contribution >= 0.6 is 0 Å². The number of hydrogen-bond acceptors (Lipinski definition) is 7. The molecule has 1 heterocycles. The first-order valence-electron chi connectivity index (χ1n) is 7.84. The van der Waals surface area contributed by atoms with Gasteiger partial charge in [0.05, 0.1) is 28.6 Å². The molecule has 2 rings (SSSR count). The van der Waals surface area contributed by atoms with Gasteiger partial charge in [0.15, 0.2) is 0 Å². The highest BCUT2D eigenvalue weighted by molar-refractivity contribution is 7.93. The van der Waals surface area contributed by atoms with Crippen molar-refractivity contribution in [2.45, 2.75) is 24.3 Å². The molecule has 0 saturated carbocycles. The summed E-state index contributed by atoms with van der Waals surface area (Å²) in [6.07, 6.45) is 3.76. The molecule has 0 aliphatic heterocycles. The molecule has 1 unspecified atom stereocenters. The van der Waals surface area contributed by atoms with Crippen molar-refractivity contribution >= 4 is 15.7 Å². The molecule has 0 radical (unpaired) electrons. The zero-order chi connectivity index (χ0) is 20.2. The summed E-state index contributed by atoms with van der Waals surface area (Å²) < 4.78 is 50.4. The van der Waals surface area contributed by atoms with Crippen molar-refractivity contribution in [3.8, 4) is 0 Å². The van der Waals surface area contributed by atoms with Crippen LogP contribution in [-0.4, -0.2) is 55.2 Å². The van der Waals surface area contributed by atoms with Crippen LogP contribution in [0.2, 0.25) is 0 Å². The fraction of sp³-hybridized carbons (Fsp3) is 0.438. The first-order chi connectivity index (χ1) is 12.6. The van der Waals surface area contributed by atoms with Gasteiger partial charge < -0.3 is 9.84 Å². The Hall–Kier alpha value is -2.40. The SMILES string of the molecule is COC(=O)CN=S(C)(=O)[C@@H](C)[C@@](O)(Cn1cncn1)c1ccc(F)cc1F. The standard InChI is InChI=1S/C16H20F2N4O4S/c1-11(27(3,25)21-7-15(23)26-2)16(24,8-22-10-19-9-20-22)13-5-4-12(17)6-14(13)18/h4-6,9-11,24H,7-8H2,1-3H3/t11-,16-,27?/m0/s1. The molecule has 0 bridgehead atoms. The number of aromatic nitrogens is 3. The van der Waals surface area contributed by atoms with E-state index < -0.39 is 44.7 Å². The largest absolute Gasteiger partial charge is 0.468 e. The third kappa shape index (κ3) is 4.66. The third-order valence-corrected chi connectivity index (χ3v) is 6.62. The van der Waals surface area contributed by atoms with Crippen LogP contribution in [-0.2, 0) is 31.4 Å². The molecule has 0 saturated heterocycles. The molecular formula is C16H20F2N4O4S. The summed E-state index contributed by atoms with van der Waals surface area (Å²) >= 11 is 0. The van der Waals surface area contributed by atoms with Gasteiger partial charge in [-0.25, -0.2) is 27.0 Å². The van der Waals surface area contributed by atoms with Crippen LogP contribution in [0.25, 0.3) is 0 Å². The molecule has 2 aromatic rings. The number of halogens is 2. The van der Waals surface area contributed by atoms with Crippen LogP contribution in [0.3, 0.4) is 0 Å². The Bertz CT molecular complexity index is 929. The molecule has 0 amide bonds. The summed E-state index contributed by atoms with van der Waals surface area (Å²) in [5.74, 6) is -2.53. The number of carbonyl (C=O) groups is 1. The number of carbonyl (C=O) groups excluding carboxylic acids is 1. The van der Waals surface area contributed by atoms with E-state index >= 15 is 0 Å². The van der Waals surface area contributed by atoms with Crippen LogP contribution in [0, 0.1) is 11.6 Å². The summed E-state index contributed by atoms with van der Waals surface area (Å²) in [4.78, 5) is 15.1. The maximum absolute atomic E-state index is 14.4. The van der Waals surface area contributed by atoms with E-state index in [0.717, 1.165) is 19.2 Å². The average molecular weight is 402 g/mol. The van der Waals surface area contributed by atoms with Crippen molar-refractivity contribution in [3.05, 3.63) is 48.1 Å². The lowest BCUT2D eigenvalue weighted by Crippen LogP contribution is -2.46. The third-order valence-electron chi connectivity index (χ3n) is 4.27. The minimum Gasteiger partial charge on any atom is -0.468 e. The molecular weight excluding hydrogens is 382 g/mol. The zero-order valence-corrected chi connectivity index (χ0v) is 15.8. The first kappa shape index (κ1) is 20.9. The van der Waals surface area contributed by atoms with Gasteiger partial charge in [-0.1, -0.05) is 6.07 Å². The maximum Gasteiger partial charge on any atom is 0.328 e. The number of ether oxygens (including phenoxy) is 1. The van der Waals surface area contributed by atoms with Gasteiger partial charge in [0, 0.05) is 17.9 Å². The van der Waals surface area contributed by atoms with Crippen molar-refractivity contribution in [1.29, 1.82) is 0 Å². The quantitative estimate of drug-likeness (QED) is 0.695. The molecule has 0 spiro atoms. The molecule has 1 aromatic heterocycles. The molecule has 1 aromatic carbocycles. The number of rotatable bonds is 7. The van der Waals surface area contributed by atoms with Crippen molar-refractivity contribution in [2.24, 2.45) is 4.36 Å². The Labute approximate surface area is 155 Å². The topological polar surface area (TPSA) is 107 Å². The molecule has 1 N–H and O–H groups in total. The van der Waals surface area contributed by atoms with Crippen molar-refractivity contribution in [3.63, 3.8) is 0 Å². The molecule has 3 atom stereocenters. The summed E-state index contributed by atoms with van der Waals surface area (Å²) in [6, 6.07) is 2.69. The molecule has 0 aliphatic carbocycles. The van der Waals surface area contributed by atoms with Crippen molar-refractivity contribution in [1.82, 2.24) is 14.8 Å². The summed E-state index contributed by atoms with van der Waals surface area (Å²) in [7, 11) is -2.04. The van der Waals surface area contributed by atoms with Gasteiger partial charge in [-0.2, -0.15) is 5.10 Å². The maximum atomic E-state index is 14.4. The normalized spacial score (nSPS) is 16.8. The van der Waals surface area contributed by atoms with E-state index in [1.807, 2.05) is 0 Å². The van der Waals surface area contributed by atoms with Crippen LogP contribution < -0.4 is 0 Å². The monoisotopic (exact) mass is 402 g/mol. The van der Waals surface area contributed by atoms with Gasteiger partial charge in [-0.15, -0.1) is 0 Å². The highest BCUT2D eigenvalue weighted by Gasteiger charge is 2.43. The Balaban J connectivity index is 2.54. The van der Waals surface area contributed by atoms with Gasteiger partial charge in [0.1, 0.15) is 36.4 Å². The minimum atomic E-state index is -3.20. The van der Waals surface area contributed by atoms with E-state index in [1.165, 1.54) is 30.5 Å². The number of esters is 1. The Kier molecular flexibility index (Phi) is 6.26. The predicted molar refractivity (Wildman–Crippen MR) is 93.1 cm³/mol. The molecule has 0 aliphatic rings. The van der Waals surface area contributed by atoms with Gasteiger partial charge in [-0.3, -0.25) is 4.79 Å². The van der Waals surface area contributed by atoms with Crippen LogP contribution in [0.5, 0.6) is 0 Å². The Morgan fingerprint density at radius 1 is 1.48 bits per heavy atom. The Morgan fingerprint density at radius 3 is 2.74 bits per heavy atom. The molecule has 148 valence electrons. The Morgan fingerprint density at radius 2 is 2.19 bits per heavy atom. The predicted octanol–water partition coefficient (Wildman–Crippen LogP) is 1.10. The van der Waals surface area contributed by atoms with Crippen LogP contribution in [0.4, 0.5) is 8.78 Å². The highest BCUT2D eigenvalue weighted by Crippen LogP contribution is 2.34. The van der Waals surface area contributed by atoms with E-state index in [-0.39, 0.29) is 12.1 Å². The zero-order valence-electron chi connectivity index (χ0n) is 15.0.